The Kier molecular flexibility index (Phi) is 5.43. The number of esters is 2. The van der Waals surface area contributed by atoms with Gasteiger partial charge in [0.2, 0.25) is 5.88 Å². The van der Waals surface area contributed by atoms with Crippen LogP contribution < -0.4 is 10.9 Å². The molecule has 0 fully saturated rings. The monoisotopic (exact) mass is 634 g/mol. The van der Waals surface area contributed by atoms with Gasteiger partial charge in [-0.2, -0.15) is 0 Å². The molecule has 5 aromatic rings. The van der Waals surface area contributed by atoms with Gasteiger partial charge >= 0.3 is 11.9 Å². The van der Waals surface area contributed by atoms with E-state index in [4.69, 9.17) is 9.47 Å². The predicted octanol–water partition coefficient (Wildman–Crippen LogP) is 3.56. The minimum absolute atomic E-state index is 0.0103. The number of nitro groups is 1. The van der Waals surface area contributed by atoms with Crippen molar-refractivity contribution >= 4 is 45.0 Å². The number of hydrogen-bond donors (Lipinski definition) is 2. The largest absolute Gasteiger partial charge is 0.507 e. The lowest BCUT2D eigenvalue weighted by Gasteiger charge is -2.44. The van der Waals surface area contributed by atoms with Crippen LogP contribution in [-0.4, -0.2) is 50.1 Å². The highest BCUT2D eigenvalue weighted by Gasteiger charge is 2.67. The minimum atomic E-state index is -1.71. The van der Waals surface area contributed by atoms with Crippen LogP contribution in [0.25, 0.3) is 27.2 Å². The number of ketones is 1. The van der Waals surface area contributed by atoms with Gasteiger partial charge in [0, 0.05) is 52.8 Å². The first-order valence-corrected chi connectivity index (χ1v) is 14.5. The lowest BCUT2D eigenvalue weighted by Crippen LogP contribution is -2.55. The number of ether oxygens (including phenoxy) is 2. The fourth-order valence-electron chi connectivity index (χ4n) is 8.10. The highest BCUT2D eigenvalue weighted by molar-refractivity contribution is 6.19. The summed E-state index contributed by atoms with van der Waals surface area (Å²) < 4.78 is 12.6. The number of rotatable bonds is 3. The maximum atomic E-state index is 15.0. The van der Waals surface area contributed by atoms with Crippen molar-refractivity contribution in [2.24, 2.45) is 0 Å². The number of nitro benzene ring substituents is 1. The van der Waals surface area contributed by atoms with Crippen LogP contribution in [0, 0.1) is 24.0 Å². The van der Waals surface area contributed by atoms with Crippen LogP contribution in [0.4, 0.5) is 5.69 Å². The molecule has 1 aromatic heterocycles. The quantitative estimate of drug-likeness (QED) is 0.167. The Labute approximate surface area is 262 Å². The van der Waals surface area contributed by atoms with Crippen LogP contribution in [0.3, 0.4) is 0 Å². The number of hydrogen-bond acceptors (Lipinski definition) is 11. The molecule has 2 aliphatic carbocycles. The molecule has 234 valence electrons. The number of carbonyl (C=O) groups excluding carboxylic acids is 3. The van der Waals surface area contributed by atoms with Crippen molar-refractivity contribution in [3.8, 4) is 17.3 Å². The fraction of sp³-hybridized carbons (Fsp3) is 0.206. The van der Waals surface area contributed by atoms with E-state index in [-0.39, 0.29) is 55.4 Å². The second-order valence-corrected chi connectivity index (χ2v) is 12.2. The maximum Gasteiger partial charge on any atom is 0.342 e. The number of pyridine rings is 1. The van der Waals surface area contributed by atoms with E-state index >= 15 is 0 Å². The molecule has 0 saturated heterocycles. The summed E-state index contributed by atoms with van der Waals surface area (Å²) in [6, 6.07) is 7.64. The van der Waals surface area contributed by atoms with E-state index in [0.717, 1.165) is 11.5 Å². The van der Waals surface area contributed by atoms with Gasteiger partial charge in [0.15, 0.2) is 16.6 Å². The van der Waals surface area contributed by atoms with Crippen molar-refractivity contribution in [1.82, 2.24) is 4.57 Å². The summed E-state index contributed by atoms with van der Waals surface area (Å²) >= 11 is 0. The van der Waals surface area contributed by atoms with Gasteiger partial charge in [0.25, 0.3) is 5.69 Å². The molecule has 0 amide bonds. The Hall–Kier alpha value is -6.11. The molecule has 1 spiro atoms. The molecule has 47 heavy (non-hydrogen) atoms. The molecule has 4 aromatic carbocycles. The van der Waals surface area contributed by atoms with Gasteiger partial charge in [-0.25, -0.2) is 4.79 Å². The molecule has 0 unspecified atom stereocenters. The van der Waals surface area contributed by atoms with E-state index in [2.05, 4.69) is 0 Å². The topological polar surface area (TPSA) is 192 Å². The Morgan fingerprint density at radius 3 is 2.36 bits per heavy atom. The van der Waals surface area contributed by atoms with Gasteiger partial charge in [-0.3, -0.25) is 33.9 Å². The molecule has 2 N–H and O–H groups in total. The van der Waals surface area contributed by atoms with Gasteiger partial charge in [-0.15, -0.1) is 0 Å². The number of benzene rings is 4. The first-order valence-electron chi connectivity index (χ1n) is 14.5. The lowest BCUT2D eigenvalue weighted by molar-refractivity contribution is -0.384. The maximum absolute atomic E-state index is 15.0. The molecule has 2 heterocycles. The molecule has 13 nitrogen and oxygen atoms in total. The highest BCUT2D eigenvalue weighted by Crippen LogP contribution is 2.61. The third-order valence-corrected chi connectivity index (χ3v) is 9.77. The van der Waals surface area contributed by atoms with Gasteiger partial charge in [0.05, 0.1) is 21.6 Å². The van der Waals surface area contributed by atoms with Crippen molar-refractivity contribution in [2.45, 2.75) is 38.2 Å². The van der Waals surface area contributed by atoms with Crippen molar-refractivity contribution in [3.63, 3.8) is 0 Å². The number of aromatic nitrogens is 1. The first kappa shape index (κ1) is 28.4. The summed E-state index contributed by atoms with van der Waals surface area (Å²) in [5.74, 6) is -4.48. The number of phenolic OH excluding ortho intramolecular Hbond substituents is 1. The van der Waals surface area contributed by atoms with Gasteiger partial charge in [-0.05, 0) is 65.8 Å². The van der Waals surface area contributed by atoms with Gasteiger partial charge < -0.3 is 19.7 Å². The summed E-state index contributed by atoms with van der Waals surface area (Å²) in [6.45, 7) is 3.87. The average molecular weight is 635 g/mol. The fourth-order valence-corrected chi connectivity index (χ4v) is 8.10. The van der Waals surface area contributed by atoms with Gasteiger partial charge in [-0.1, -0.05) is 0 Å². The SMILES string of the molecule is CC(=O)O[C@H]1[C@@H]2C(=O)c3c(C)cc(O)c4c3[C@@]1(COC4=O)c1c2c2c(C)cc(=O)c3c(O)n(-c4ccc([N+](=O)[O-])cc4)cc(c1=O)c23. The summed E-state index contributed by atoms with van der Waals surface area (Å²) in [5, 5.41) is 33.9. The van der Waals surface area contributed by atoms with E-state index in [9.17, 15) is 44.3 Å². The van der Waals surface area contributed by atoms with E-state index in [0.29, 0.717) is 16.5 Å². The second kappa shape index (κ2) is 9.00. The lowest BCUT2D eigenvalue weighted by atomic mass is 9.63. The molecular weight excluding hydrogens is 612 g/mol. The van der Waals surface area contributed by atoms with E-state index in [1.807, 2.05) is 0 Å². The van der Waals surface area contributed by atoms with E-state index in [1.54, 1.807) is 13.8 Å². The third kappa shape index (κ3) is 3.29. The van der Waals surface area contributed by atoms with Crippen LogP contribution in [0.2, 0.25) is 0 Å². The normalized spacial score (nSPS) is 20.7. The molecule has 8 rings (SSSR count). The summed E-state index contributed by atoms with van der Waals surface area (Å²) in [5.41, 5.74) is -2.26. The number of non-ortho nitro benzene ring substituents is 1. The first-order chi connectivity index (χ1) is 22.3. The predicted molar refractivity (Wildman–Crippen MR) is 164 cm³/mol. The molecule has 13 heteroatoms. The van der Waals surface area contributed by atoms with Crippen molar-refractivity contribution in [1.29, 1.82) is 0 Å². The molecule has 3 atom stereocenters. The van der Waals surface area contributed by atoms with Crippen LogP contribution in [-0.2, 0) is 19.7 Å². The summed E-state index contributed by atoms with van der Waals surface area (Å²) in [7, 11) is 0. The van der Waals surface area contributed by atoms with Crippen LogP contribution in [0.1, 0.15) is 61.4 Å². The number of phenols is 1. The molecule has 0 radical (unpaired) electrons. The number of fused-ring (bicyclic) bond motifs is 4. The zero-order valence-electron chi connectivity index (χ0n) is 24.9. The number of aryl methyl sites for hydroxylation is 2. The van der Waals surface area contributed by atoms with E-state index < -0.39 is 69.2 Å². The Bertz CT molecular complexity index is 2480. The summed E-state index contributed by atoms with van der Waals surface area (Å²) in [6.07, 6.45) is -0.0488. The molecule has 2 bridgehead atoms. The van der Waals surface area contributed by atoms with Crippen molar-refractivity contribution in [3.05, 3.63) is 112 Å². The Morgan fingerprint density at radius 1 is 1.00 bits per heavy atom. The Morgan fingerprint density at radius 2 is 1.70 bits per heavy atom. The number of cyclic esters (lactones) is 1. The summed E-state index contributed by atoms with van der Waals surface area (Å²) in [4.78, 5) is 79.5. The molecule has 3 aliphatic rings. The van der Waals surface area contributed by atoms with Crippen molar-refractivity contribution in [2.75, 3.05) is 6.61 Å². The second-order valence-electron chi connectivity index (χ2n) is 12.2. The smallest absolute Gasteiger partial charge is 0.342 e. The Balaban J connectivity index is 1.59. The number of Topliss-reactive ketones (excluding diaryl/α,β-unsaturated/α-hetero) is 1. The molecule has 1 aliphatic heterocycles. The van der Waals surface area contributed by atoms with Crippen molar-refractivity contribution < 1.29 is 39.0 Å². The number of aromatic hydroxyl groups is 2. The van der Waals surface area contributed by atoms with E-state index in [1.165, 1.54) is 42.6 Å². The number of carbonyl (C=O) groups is 3. The van der Waals surface area contributed by atoms with Crippen LogP contribution in [0.5, 0.6) is 11.6 Å². The highest BCUT2D eigenvalue weighted by atomic mass is 16.6. The zero-order chi connectivity index (χ0) is 33.4. The standard InChI is InChI=1S/C34H22N2O11/c1-12-8-18(38)23-22-17(10-35(32(23)42)15-4-6-16(7-5-15)36(44)45)29(40)28-25(20(12)22)26-30(41)21-13(2)9-19(39)24-27(21)34(28,11-46-33(24)43)31(26)47-14(3)37/h4-10,26,31,39,42H,11H2,1-3H3/t26-,31-,34-/m0/s1. The number of nitrogens with zero attached hydrogens (tertiary/aromatic N) is 2. The third-order valence-electron chi connectivity index (χ3n) is 9.77. The zero-order valence-corrected chi connectivity index (χ0v) is 24.9. The molecule has 0 saturated carbocycles. The minimum Gasteiger partial charge on any atom is -0.507 e. The van der Waals surface area contributed by atoms with Crippen LogP contribution in [0.15, 0.2) is 52.2 Å². The van der Waals surface area contributed by atoms with Crippen LogP contribution >= 0.6 is 0 Å². The molecular formula is C34H22N2O11. The average Bonchev–Trinajstić information content (AvgIpc) is 3.21. The van der Waals surface area contributed by atoms with Gasteiger partial charge in [0.1, 0.15) is 24.0 Å².